The summed E-state index contributed by atoms with van der Waals surface area (Å²) in [4.78, 5) is 23.3. The molecule has 0 spiro atoms. The molecule has 0 atom stereocenters. The highest BCUT2D eigenvalue weighted by Gasteiger charge is 2.14. The van der Waals surface area contributed by atoms with E-state index in [1.807, 2.05) is 12.1 Å². The van der Waals surface area contributed by atoms with Crippen molar-refractivity contribution in [1.29, 1.82) is 0 Å². The number of carbonyl (C=O) groups is 2. The van der Waals surface area contributed by atoms with Crippen LogP contribution in [0.2, 0.25) is 0 Å². The summed E-state index contributed by atoms with van der Waals surface area (Å²) in [5, 5.41) is 5.18. The third-order valence-corrected chi connectivity index (χ3v) is 3.08. The van der Waals surface area contributed by atoms with Crippen LogP contribution in [0.1, 0.15) is 16.1 Å². The Hall–Kier alpha value is -2.96. The van der Waals surface area contributed by atoms with Crippen LogP contribution in [0.15, 0.2) is 41.0 Å². The zero-order valence-electron chi connectivity index (χ0n) is 11.6. The van der Waals surface area contributed by atoms with Crippen molar-refractivity contribution in [3.63, 3.8) is 0 Å². The first kappa shape index (κ1) is 14.0. The van der Waals surface area contributed by atoms with Gasteiger partial charge in [-0.2, -0.15) is 0 Å². The highest BCUT2D eigenvalue weighted by molar-refractivity contribution is 5.94. The monoisotopic (exact) mass is 302 g/mol. The van der Waals surface area contributed by atoms with Gasteiger partial charge in [-0.15, -0.1) is 0 Å². The Morgan fingerprint density at radius 1 is 1.09 bits per heavy atom. The SMILES string of the molecule is O=C(CNC(=O)c1ccco1)NCc1ccc2c(c1)OCO2. The Labute approximate surface area is 126 Å². The lowest BCUT2D eigenvalue weighted by atomic mass is 10.2. The van der Waals surface area contributed by atoms with Crippen molar-refractivity contribution < 1.29 is 23.5 Å². The molecule has 0 bridgehead atoms. The summed E-state index contributed by atoms with van der Waals surface area (Å²) < 4.78 is 15.4. The van der Waals surface area contributed by atoms with Gasteiger partial charge in [-0.25, -0.2) is 0 Å². The molecule has 3 rings (SSSR count). The maximum atomic E-state index is 11.7. The average molecular weight is 302 g/mol. The molecular weight excluding hydrogens is 288 g/mol. The predicted octanol–water partition coefficient (Wildman–Crippen LogP) is 1.05. The van der Waals surface area contributed by atoms with Crippen molar-refractivity contribution in [3.05, 3.63) is 47.9 Å². The molecule has 22 heavy (non-hydrogen) atoms. The molecule has 0 aliphatic carbocycles. The largest absolute Gasteiger partial charge is 0.459 e. The van der Waals surface area contributed by atoms with E-state index in [0.717, 1.165) is 5.56 Å². The second-order valence-electron chi connectivity index (χ2n) is 4.62. The topological polar surface area (TPSA) is 89.8 Å². The molecule has 0 unspecified atom stereocenters. The summed E-state index contributed by atoms with van der Waals surface area (Å²) in [6.07, 6.45) is 1.40. The number of furan rings is 1. The third kappa shape index (κ3) is 3.20. The minimum atomic E-state index is -0.428. The third-order valence-electron chi connectivity index (χ3n) is 3.08. The van der Waals surface area contributed by atoms with E-state index in [1.165, 1.54) is 12.3 Å². The van der Waals surface area contributed by atoms with Crippen molar-refractivity contribution in [3.8, 4) is 11.5 Å². The van der Waals surface area contributed by atoms with E-state index >= 15 is 0 Å². The number of amides is 2. The van der Waals surface area contributed by atoms with Gasteiger partial charge in [-0.1, -0.05) is 6.07 Å². The first-order chi connectivity index (χ1) is 10.7. The fraction of sp³-hybridized carbons (Fsp3) is 0.200. The summed E-state index contributed by atoms with van der Waals surface area (Å²) in [6.45, 7) is 0.431. The highest BCUT2D eigenvalue weighted by atomic mass is 16.7. The summed E-state index contributed by atoms with van der Waals surface area (Å²) in [7, 11) is 0. The first-order valence-corrected chi connectivity index (χ1v) is 6.69. The number of rotatable bonds is 5. The number of hydrogen-bond donors (Lipinski definition) is 2. The first-order valence-electron chi connectivity index (χ1n) is 6.69. The molecule has 2 N–H and O–H groups in total. The van der Waals surface area contributed by atoms with Crippen molar-refractivity contribution >= 4 is 11.8 Å². The summed E-state index contributed by atoms with van der Waals surface area (Å²) in [5.41, 5.74) is 0.884. The molecule has 0 saturated carbocycles. The van der Waals surface area contributed by atoms with Crippen molar-refractivity contribution in [2.75, 3.05) is 13.3 Å². The quantitative estimate of drug-likeness (QED) is 0.862. The van der Waals surface area contributed by atoms with E-state index in [4.69, 9.17) is 13.9 Å². The minimum absolute atomic E-state index is 0.121. The fourth-order valence-electron chi connectivity index (χ4n) is 1.97. The number of hydrogen-bond acceptors (Lipinski definition) is 5. The summed E-state index contributed by atoms with van der Waals surface area (Å²) in [5.74, 6) is 0.808. The highest BCUT2D eigenvalue weighted by Crippen LogP contribution is 2.32. The van der Waals surface area contributed by atoms with Gasteiger partial charge >= 0.3 is 0 Å². The van der Waals surface area contributed by atoms with Crippen LogP contribution in [0.25, 0.3) is 0 Å². The molecule has 7 nitrogen and oxygen atoms in total. The van der Waals surface area contributed by atoms with Crippen LogP contribution in [-0.2, 0) is 11.3 Å². The average Bonchev–Trinajstić information content (AvgIpc) is 3.20. The fourth-order valence-corrected chi connectivity index (χ4v) is 1.97. The minimum Gasteiger partial charge on any atom is -0.459 e. The Bertz CT molecular complexity index is 681. The van der Waals surface area contributed by atoms with Crippen LogP contribution in [-0.4, -0.2) is 25.2 Å². The van der Waals surface area contributed by atoms with E-state index in [2.05, 4.69) is 10.6 Å². The van der Waals surface area contributed by atoms with Crippen LogP contribution in [0.3, 0.4) is 0 Å². The molecule has 114 valence electrons. The molecule has 0 saturated heterocycles. The van der Waals surface area contributed by atoms with Gasteiger partial charge in [0.25, 0.3) is 5.91 Å². The van der Waals surface area contributed by atoms with Gasteiger partial charge in [-0.05, 0) is 29.8 Å². The molecule has 2 amide bonds. The van der Waals surface area contributed by atoms with Crippen LogP contribution >= 0.6 is 0 Å². The van der Waals surface area contributed by atoms with Crippen LogP contribution in [0, 0.1) is 0 Å². The van der Waals surface area contributed by atoms with Gasteiger partial charge in [0.2, 0.25) is 12.7 Å². The second-order valence-corrected chi connectivity index (χ2v) is 4.62. The lowest BCUT2D eigenvalue weighted by Gasteiger charge is -2.07. The van der Waals surface area contributed by atoms with Gasteiger partial charge in [0.1, 0.15) is 0 Å². The normalized spacial score (nSPS) is 12.0. The molecule has 2 heterocycles. The molecule has 0 fully saturated rings. The van der Waals surface area contributed by atoms with Gasteiger partial charge in [0.15, 0.2) is 17.3 Å². The predicted molar refractivity (Wildman–Crippen MR) is 75.5 cm³/mol. The number of fused-ring (bicyclic) bond motifs is 1. The molecule has 1 aromatic heterocycles. The van der Waals surface area contributed by atoms with Crippen LogP contribution < -0.4 is 20.1 Å². The van der Waals surface area contributed by atoms with Crippen LogP contribution in [0.4, 0.5) is 0 Å². The van der Waals surface area contributed by atoms with E-state index in [1.54, 1.807) is 12.1 Å². The molecule has 1 aliphatic heterocycles. The van der Waals surface area contributed by atoms with E-state index < -0.39 is 5.91 Å². The Morgan fingerprint density at radius 2 is 1.95 bits per heavy atom. The zero-order chi connectivity index (χ0) is 15.4. The molecule has 2 aromatic rings. The molecule has 1 aromatic carbocycles. The lowest BCUT2D eigenvalue weighted by Crippen LogP contribution is -2.36. The zero-order valence-corrected chi connectivity index (χ0v) is 11.6. The Balaban J connectivity index is 1.45. The number of ether oxygens (including phenoxy) is 2. The lowest BCUT2D eigenvalue weighted by molar-refractivity contribution is -0.120. The van der Waals surface area contributed by atoms with Gasteiger partial charge in [0.05, 0.1) is 12.8 Å². The van der Waals surface area contributed by atoms with Gasteiger partial charge in [0, 0.05) is 6.54 Å². The van der Waals surface area contributed by atoms with Gasteiger partial charge in [-0.3, -0.25) is 9.59 Å². The molecule has 7 heteroatoms. The standard InChI is InChI=1S/C15H14N2O5/c18-14(8-17-15(19)12-2-1-5-20-12)16-7-10-3-4-11-13(6-10)22-9-21-11/h1-6H,7-9H2,(H,16,18)(H,17,19). The van der Waals surface area contributed by atoms with E-state index in [9.17, 15) is 9.59 Å². The summed E-state index contributed by atoms with van der Waals surface area (Å²) in [6, 6.07) is 8.58. The molecule has 0 radical (unpaired) electrons. The number of benzene rings is 1. The molecule has 1 aliphatic rings. The summed E-state index contributed by atoms with van der Waals surface area (Å²) >= 11 is 0. The van der Waals surface area contributed by atoms with Crippen molar-refractivity contribution in [2.24, 2.45) is 0 Å². The second kappa shape index (κ2) is 6.21. The van der Waals surface area contributed by atoms with Crippen LogP contribution in [0.5, 0.6) is 11.5 Å². The van der Waals surface area contributed by atoms with Crippen molar-refractivity contribution in [1.82, 2.24) is 10.6 Å². The van der Waals surface area contributed by atoms with Gasteiger partial charge < -0.3 is 24.5 Å². The Morgan fingerprint density at radius 3 is 2.77 bits per heavy atom. The van der Waals surface area contributed by atoms with Crippen molar-refractivity contribution in [2.45, 2.75) is 6.54 Å². The van der Waals surface area contributed by atoms with E-state index in [0.29, 0.717) is 18.0 Å². The molecular formula is C15H14N2O5. The smallest absolute Gasteiger partial charge is 0.287 e. The maximum absolute atomic E-state index is 11.7. The maximum Gasteiger partial charge on any atom is 0.287 e. The van der Waals surface area contributed by atoms with E-state index in [-0.39, 0.29) is 25.0 Å². The Kier molecular flexibility index (Phi) is 3.95. The number of nitrogens with one attached hydrogen (secondary N) is 2. The number of carbonyl (C=O) groups excluding carboxylic acids is 2.